The molecule has 0 spiro atoms. The van der Waals surface area contributed by atoms with E-state index >= 15 is 0 Å². The Morgan fingerprint density at radius 1 is 1.56 bits per heavy atom. The number of aryl methyl sites for hydroxylation is 1. The lowest BCUT2D eigenvalue weighted by Gasteiger charge is -2.04. The van der Waals surface area contributed by atoms with Gasteiger partial charge in [0, 0.05) is 4.88 Å². The molecule has 2 heterocycles. The summed E-state index contributed by atoms with van der Waals surface area (Å²) in [6.45, 7) is 2.12. The third-order valence-electron chi connectivity index (χ3n) is 2.08. The second-order valence-electron chi connectivity index (χ2n) is 3.23. The summed E-state index contributed by atoms with van der Waals surface area (Å²) in [7, 11) is 1.36. The molecular formula is C10H11N3O2S. The van der Waals surface area contributed by atoms with Gasteiger partial charge < -0.3 is 10.1 Å². The van der Waals surface area contributed by atoms with Crippen LogP contribution >= 0.6 is 11.3 Å². The van der Waals surface area contributed by atoms with E-state index in [1.54, 1.807) is 11.3 Å². The van der Waals surface area contributed by atoms with Gasteiger partial charge in [-0.3, -0.25) is 4.79 Å². The molecule has 0 aromatic carbocycles. The van der Waals surface area contributed by atoms with Gasteiger partial charge >= 0.3 is 5.97 Å². The molecule has 0 atom stereocenters. The number of rotatable bonds is 3. The molecule has 84 valence electrons. The van der Waals surface area contributed by atoms with Crippen molar-refractivity contribution in [1.29, 1.82) is 0 Å². The Labute approximate surface area is 96.5 Å². The summed E-state index contributed by atoms with van der Waals surface area (Å²) in [4.78, 5) is 21.3. The van der Waals surface area contributed by atoms with Crippen LogP contribution in [0, 0.1) is 6.92 Å². The zero-order valence-corrected chi connectivity index (χ0v) is 9.80. The number of fused-ring (bicyclic) bond motifs is 1. The number of esters is 1. The highest BCUT2D eigenvalue weighted by molar-refractivity contribution is 7.18. The second kappa shape index (κ2) is 4.44. The number of anilines is 1. The first-order valence-corrected chi connectivity index (χ1v) is 5.54. The van der Waals surface area contributed by atoms with Crippen LogP contribution in [-0.2, 0) is 9.53 Å². The van der Waals surface area contributed by atoms with Crippen LogP contribution in [0.15, 0.2) is 12.4 Å². The Bertz CT molecular complexity index is 524. The first-order chi connectivity index (χ1) is 7.70. The summed E-state index contributed by atoms with van der Waals surface area (Å²) in [5.41, 5.74) is 0. The molecule has 5 nitrogen and oxygen atoms in total. The average molecular weight is 237 g/mol. The van der Waals surface area contributed by atoms with Gasteiger partial charge in [-0.15, -0.1) is 11.3 Å². The Morgan fingerprint density at radius 3 is 3.12 bits per heavy atom. The fourth-order valence-corrected chi connectivity index (χ4v) is 2.19. The van der Waals surface area contributed by atoms with Gasteiger partial charge in [-0.1, -0.05) is 0 Å². The summed E-state index contributed by atoms with van der Waals surface area (Å²) in [6.07, 6.45) is 1.48. The van der Waals surface area contributed by atoms with Crippen LogP contribution in [0.5, 0.6) is 0 Å². The van der Waals surface area contributed by atoms with Crippen molar-refractivity contribution in [2.45, 2.75) is 6.92 Å². The molecule has 2 rings (SSSR count). The summed E-state index contributed by atoms with van der Waals surface area (Å²) >= 11 is 1.60. The second-order valence-corrected chi connectivity index (χ2v) is 4.46. The molecule has 2 aromatic rings. The molecule has 0 unspecified atom stereocenters. The molecule has 0 aliphatic carbocycles. The number of carbonyl (C=O) groups excluding carboxylic acids is 1. The number of thiophene rings is 1. The van der Waals surface area contributed by atoms with E-state index in [1.807, 2.05) is 13.0 Å². The summed E-state index contributed by atoms with van der Waals surface area (Å²) in [6, 6.07) is 2.00. The molecule has 2 aromatic heterocycles. The van der Waals surface area contributed by atoms with E-state index in [2.05, 4.69) is 20.0 Å². The highest BCUT2D eigenvalue weighted by atomic mass is 32.1. The number of carbonyl (C=O) groups is 1. The first-order valence-electron chi connectivity index (χ1n) is 4.72. The van der Waals surface area contributed by atoms with E-state index in [9.17, 15) is 4.79 Å². The molecule has 0 aliphatic heterocycles. The van der Waals surface area contributed by atoms with Crippen LogP contribution in [0.2, 0.25) is 0 Å². The van der Waals surface area contributed by atoms with Crippen molar-refractivity contribution in [3.63, 3.8) is 0 Å². The average Bonchev–Trinajstić information content (AvgIpc) is 2.66. The SMILES string of the molecule is COC(=O)CNc1ncnc2sc(C)cc12. The Hall–Kier alpha value is -1.69. The van der Waals surface area contributed by atoms with Crippen molar-refractivity contribution in [2.75, 3.05) is 19.0 Å². The summed E-state index contributed by atoms with van der Waals surface area (Å²) in [5.74, 6) is 0.346. The molecular weight excluding hydrogens is 226 g/mol. The smallest absolute Gasteiger partial charge is 0.325 e. The topological polar surface area (TPSA) is 64.1 Å². The third kappa shape index (κ3) is 2.11. The molecule has 0 fully saturated rings. The third-order valence-corrected chi connectivity index (χ3v) is 3.04. The number of hydrogen-bond donors (Lipinski definition) is 1. The minimum atomic E-state index is -0.321. The number of ether oxygens (including phenoxy) is 1. The molecule has 0 aliphatic rings. The normalized spacial score (nSPS) is 10.4. The van der Waals surface area contributed by atoms with Gasteiger partial charge in [0.2, 0.25) is 0 Å². The van der Waals surface area contributed by atoms with Crippen LogP contribution in [0.4, 0.5) is 5.82 Å². The zero-order valence-electron chi connectivity index (χ0n) is 8.98. The largest absolute Gasteiger partial charge is 0.468 e. The fourth-order valence-electron chi connectivity index (χ4n) is 1.34. The predicted molar refractivity (Wildman–Crippen MR) is 62.7 cm³/mol. The zero-order chi connectivity index (χ0) is 11.5. The maximum atomic E-state index is 11.0. The molecule has 16 heavy (non-hydrogen) atoms. The Kier molecular flexibility index (Phi) is 3.00. The van der Waals surface area contributed by atoms with E-state index in [0.717, 1.165) is 15.1 Å². The van der Waals surface area contributed by atoms with Gasteiger partial charge in [0.05, 0.1) is 12.5 Å². The van der Waals surface area contributed by atoms with E-state index in [0.29, 0.717) is 5.82 Å². The molecule has 6 heteroatoms. The van der Waals surface area contributed by atoms with Gasteiger partial charge in [-0.05, 0) is 13.0 Å². The fraction of sp³-hybridized carbons (Fsp3) is 0.300. The van der Waals surface area contributed by atoms with Crippen LogP contribution in [0.1, 0.15) is 4.88 Å². The van der Waals surface area contributed by atoms with Crippen molar-refractivity contribution in [3.05, 3.63) is 17.3 Å². The standard InChI is InChI=1S/C10H11N3O2S/c1-6-3-7-9(11-4-8(14)15-2)12-5-13-10(7)16-6/h3,5H,4H2,1-2H3,(H,11,12,13). The van der Waals surface area contributed by atoms with Crippen molar-refractivity contribution < 1.29 is 9.53 Å². The summed E-state index contributed by atoms with van der Waals surface area (Å²) < 4.78 is 4.55. The lowest BCUT2D eigenvalue weighted by atomic mass is 10.3. The van der Waals surface area contributed by atoms with Gasteiger partial charge in [0.25, 0.3) is 0 Å². The molecule has 0 saturated heterocycles. The van der Waals surface area contributed by atoms with Gasteiger partial charge in [-0.25, -0.2) is 9.97 Å². The molecule has 0 amide bonds. The van der Waals surface area contributed by atoms with Crippen molar-refractivity contribution >= 4 is 33.3 Å². The quantitative estimate of drug-likeness (QED) is 0.821. The van der Waals surface area contributed by atoms with Crippen LogP contribution in [0.3, 0.4) is 0 Å². The van der Waals surface area contributed by atoms with Gasteiger partial charge in [0.1, 0.15) is 23.5 Å². The lowest BCUT2D eigenvalue weighted by Crippen LogP contribution is -2.15. The van der Waals surface area contributed by atoms with Gasteiger partial charge in [0.15, 0.2) is 0 Å². The number of nitrogens with one attached hydrogen (secondary N) is 1. The van der Waals surface area contributed by atoms with Crippen LogP contribution < -0.4 is 5.32 Å². The summed E-state index contributed by atoms with van der Waals surface area (Å²) in [5, 5.41) is 3.87. The Morgan fingerprint density at radius 2 is 2.38 bits per heavy atom. The maximum absolute atomic E-state index is 11.0. The van der Waals surface area contributed by atoms with Crippen molar-refractivity contribution in [3.8, 4) is 0 Å². The first kappa shape index (κ1) is 10.8. The molecule has 0 radical (unpaired) electrons. The van der Waals surface area contributed by atoms with Gasteiger partial charge in [-0.2, -0.15) is 0 Å². The van der Waals surface area contributed by atoms with Crippen molar-refractivity contribution in [1.82, 2.24) is 9.97 Å². The lowest BCUT2D eigenvalue weighted by molar-refractivity contribution is -0.138. The van der Waals surface area contributed by atoms with E-state index in [4.69, 9.17) is 0 Å². The van der Waals surface area contributed by atoms with Crippen LogP contribution in [-0.4, -0.2) is 29.6 Å². The minimum Gasteiger partial charge on any atom is -0.468 e. The van der Waals surface area contributed by atoms with E-state index in [1.165, 1.54) is 13.4 Å². The maximum Gasteiger partial charge on any atom is 0.325 e. The number of methoxy groups -OCH3 is 1. The molecule has 1 N–H and O–H groups in total. The van der Waals surface area contributed by atoms with Crippen molar-refractivity contribution in [2.24, 2.45) is 0 Å². The number of nitrogens with zero attached hydrogens (tertiary/aromatic N) is 2. The highest BCUT2D eigenvalue weighted by Crippen LogP contribution is 2.27. The Balaban J connectivity index is 2.26. The monoisotopic (exact) mass is 237 g/mol. The molecule has 0 bridgehead atoms. The molecule has 0 saturated carbocycles. The van der Waals surface area contributed by atoms with Crippen LogP contribution in [0.25, 0.3) is 10.2 Å². The number of aromatic nitrogens is 2. The predicted octanol–water partition coefficient (Wildman–Crippen LogP) is 1.58. The highest BCUT2D eigenvalue weighted by Gasteiger charge is 2.07. The minimum absolute atomic E-state index is 0.109. The number of hydrogen-bond acceptors (Lipinski definition) is 6. The van der Waals surface area contributed by atoms with E-state index < -0.39 is 0 Å². The van der Waals surface area contributed by atoms with E-state index in [-0.39, 0.29) is 12.5 Å².